The molecule has 4 atom stereocenters. The van der Waals surface area contributed by atoms with Gasteiger partial charge in [0.15, 0.2) is 10.8 Å². The van der Waals surface area contributed by atoms with Crippen LogP contribution in [0, 0.1) is 56.2 Å². The lowest BCUT2D eigenvalue weighted by Crippen LogP contribution is -2.75. The van der Waals surface area contributed by atoms with Gasteiger partial charge in [-0.25, -0.2) is 0 Å². The minimum atomic E-state index is -1.63. The number of ether oxygens (including phenoxy) is 2. The van der Waals surface area contributed by atoms with E-state index in [4.69, 9.17) is 14.9 Å². The van der Waals surface area contributed by atoms with Crippen LogP contribution in [0.2, 0.25) is 0 Å². The Bertz CT molecular complexity index is 641. The first-order valence-corrected chi connectivity index (χ1v) is 8.26. The first-order chi connectivity index (χ1) is 11.1. The lowest BCUT2D eigenvalue weighted by molar-refractivity contribution is -0.358. The molecule has 1 N–H and O–H groups in total. The molecular weight excluding hydrogens is 292 g/mol. The molecule has 0 unspecified atom stereocenters. The molecule has 4 aliphatic rings. The van der Waals surface area contributed by atoms with E-state index in [1.807, 2.05) is 6.92 Å². The number of fused-ring (bicyclic) bond motifs is 2. The molecule has 0 amide bonds. The van der Waals surface area contributed by atoms with Gasteiger partial charge in [-0.05, 0) is 19.3 Å². The third-order valence-corrected chi connectivity index (χ3v) is 5.75. The zero-order valence-electron chi connectivity index (χ0n) is 13.3. The monoisotopic (exact) mass is 312 g/mol. The van der Waals surface area contributed by atoms with Crippen molar-refractivity contribution in [3.63, 3.8) is 0 Å². The zero-order chi connectivity index (χ0) is 16.7. The Balaban J connectivity index is 2.21. The standard InChI is InChI=1S/C17H20N4O2/c1-2-3-7-13-16(11-20)14(21)23-17(22-13)8-5-4-6-12(17)15(16,9-18)10-19/h12-13,21H,2-8H2,1H3/t12-,13-,16+,17+/m0/s1. The Morgan fingerprint density at radius 2 is 1.96 bits per heavy atom. The molecule has 1 saturated carbocycles. The van der Waals surface area contributed by atoms with E-state index in [1.54, 1.807) is 0 Å². The van der Waals surface area contributed by atoms with Crippen molar-refractivity contribution in [2.45, 2.75) is 63.8 Å². The average Bonchev–Trinajstić information content (AvgIpc) is 2.58. The highest BCUT2D eigenvalue weighted by molar-refractivity contribution is 5.88. The van der Waals surface area contributed by atoms with Gasteiger partial charge in [-0.3, -0.25) is 5.41 Å². The smallest absolute Gasteiger partial charge is 0.217 e. The first kappa shape index (κ1) is 15.8. The van der Waals surface area contributed by atoms with Crippen LogP contribution in [0.3, 0.4) is 0 Å². The summed E-state index contributed by atoms with van der Waals surface area (Å²) in [5, 5.41) is 38.1. The fourth-order valence-electron chi connectivity index (χ4n) is 4.62. The maximum Gasteiger partial charge on any atom is 0.217 e. The second-order valence-corrected chi connectivity index (χ2v) is 6.74. The SMILES string of the molecule is CCCC[C@@H]1O[C@@]23CCCC[C@H]2C(C#N)(C#N)[C@@]1(C#N)C(=N)O3. The summed E-state index contributed by atoms with van der Waals surface area (Å²) in [6, 6.07) is 6.39. The molecule has 4 fully saturated rings. The summed E-state index contributed by atoms with van der Waals surface area (Å²) in [6.45, 7) is 2.03. The van der Waals surface area contributed by atoms with Crippen molar-refractivity contribution >= 4 is 5.90 Å². The molecule has 2 bridgehead atoms. The van der Waals surface area contributed by atoms with E-state index >= 15 is 0 Å². The van der Waals surface area contributed by atoms with Crippen LogP contribution in [0.5, 0.6) is 0 Å². The van der Waals surface area contributed by atoms with E-state index in [9.17, 15) is 15.8 Å². The molecule has 4 rings (SSSR count). The summed E-state index contributed by atoms with van der Waals surface area (Å²) in [7, 11) is 0. The molecule has 3 aliphatic heterocycles. The van der Waals surface area contributed by atoms with Gasteiger partial charge in [0, 0.05) is 6.42 Å². The van der Waals surface area contributed by atoms with E-state index in [2.05, 4.69) is 18.2 Å². The number of rotatable bonds is 3. The highest BCUT2D eigenvalue weighted by Crippen LogP contribution is 2.66. The zero-order valence-corrected chi connectivity index (χ0v) is 13.3. The van der Waals surface area contributed by atoms with E-state index in [-0.39, 0.29) is 5.90 Å². The summed E-state index contributed by atoms with van der Waals surface area (Å²) in [5.41, 5.74) is -3.20. The van der Waals surface area contributed by atoms with Crippen LogP contribution in [0.15, 0.2) is 0 Å². The first-order valence-electron chi connectivity index (χ1n) is 8.26. The molecule has 6 nitrogen and oxygen atoms in total. The van der Waals surface area contributed by atoms with Crippen LogP contribution in [0.25, 0.3) is 0 Å². The minimum Gasteiger partial charge on any atom is -0.447 e. The summed E-state index contributed by atoms with van der Waals surface area (Å²) < 4.78 is 12.0. The van der Waals surface area contributed by atoms with Crippen LogP contribution < -0.4 is 0 Å². The molecule has 0 aromatic rings. The Hall–Kier alpha value is -2.10. The van der Waals surface area contributed by atoms with Gasteiger partial charge in [-0.2, -0.15) is 15.8 Å². The third-order valence-electron chi connectivity index (χ3n) is 5.75. The highest BCUT2D eigenvalue weighted by Gasteiger charge is 2.79. The number of nitrogens with zero attached hydrogens (tertiary/aromatic N) is 3. The van der Waals surface area contributed by atoms with Crippen LogP contribution in [-0.2, 0) is 9.47 Å². The van der Waals surface area contributed by atoms with Gasteiger partial charge < -0.3 is 9.47 Å². The molecule has 0 aromatic heterocycles. The van der Waals surface area contributed by atoms with E-state index in [0.29, 0.717) is 19.3 Å². The second kappa shape index (κ2) is 5.22. The Morgan fingerprint density at radius 3 is 2.57 bits per heavy atom. The second-order valence-electron chi connectivity index (χ2n) is 6.74. The number of nitrogens with one attached hydrogen (secondary N) is 1. The number of nitriles is 3. The van der Waals surface area contributed by atoms with Crippen molar-refractivity contribution in [3.05, 3.63) is 0 Å². The number of unbranched alkanes of at least 4 members (excludes halogenated alkanes) is 1. The topological polar surface area (TPSA) is 114 Å². The lowest BCUT2D eigenvalue weighted by atomic mass is 9.48. The van der Waals surface area contributed by atoms with Crippen molar-refractivity contribution in [1.82, 2.24) is 0 Å². The third kappa shape index (κ3) is 1.66. The Morgan fingerprint density at radius 1 is 1.22 bits per heavy atom. The molecule has 1 aliphatic carbocycles. The van der Waals surface area contributed by atoms with Crippen molar-refractivity contribution in [2.24, 2.45) is 16.7 Å². The molecule has 23 heavy (non-hydrogen) atoms. The number of hydrogen-bond acceptors (Lipinski definition) is 6. The minimum absolute atomic E-state index is 0.256. The van der Waals surface area contributed by atoms with Crippen molar-refractivity contribution < 1.29 is 9.47 Å². The van der Waals surface area contributed by atoms with Crippen molar-refractivity contribution in [3.8, 4) is 18.2 Å². The lowest BCUT2D eigenvalue weighted by Gasteiger charge is -2.63. The molecule has 1 spiro atoms. The van der Waals surface area contributed by atoms with Gasteiger partial charge in [-0.15, -0.1) is 0 Å². The summed E-state index contributed by atoms with van der Waals surface area (Å²) in [4.78, 5) is 0. The Kier molecular flexibility index (Phi) is 3.58. The van der Waals surface area contributed by atoms with Crippen molar-refractivity contribution in [2.75, 3.05) is 0 Å². The quantitative estimate of drug-likeness (QED) is 0.860. The molecule has 3 saturated heterocycles. The molecule has 3 heterocycles. The fraction of sp³-hybridized carbons (Fsp3) is 0.765. The fourth-order valence-corrected chi connectivity index (χ4v) is 4.62. The summed E-state index contributed by atoms with van der Waals surface area (Å²) in [5.74, 6) is -1.82. The van der Waals surface area contributed by atoms with Crippen LogP contribution >= 0.6 is 0 Å². The molecular formula is C17H20N4O2. The normalized spacial score (nSPS) is 40.2. The van der Waals surface area contributed by atoms with Gasteiger partial charge in [0.2, 0.25) is 11.7 Å². The van der Waals surface area contributed by atoms with Gasteiger partial charge in [0.05, 0.1) is 30.2 Å². The molecule has 0 aromatic carbocycles. The van der Waals surface area contributed by atoms with E-state index < -0.39 is 28.6 Å². The van der Waals surface area contributed by atoms with Gasteiger partial charge in [0.1, 0.15) is 0 Å². The highest BCUT2D eigenvalue weighted by atomic mass is 16.7. The molecule has 0 radical (unpaired) electrons. The molecule has 120 valence electrons. The predicted octanol–water partition coefficient (Wildman–Crippen LogP) is 3.01. The van der Waals surface area contributed by atoms with Crippen LogP contribution in [-0.4, -0.2) is 17.8 Å². The van der Waals surface area contributed by atoms with E-state index in [1.165, 1.54) is 0 Å². The summed E-state index contributed by atoms with van der Waals surface area (Å²) >= 11 is 0. The average molecular weight is 312 g/mol. The van der Waals surface area contributed by atoms with Gasteiger partial charge in [-0.1, -0.05) is 26.2 Å². The Labute approximate surface area is 136 Å². The molecule has 6 heteroatoms. The van der Waals surface area contributed by atoms with Crippen molar-refractivity contribution in [1.29, 1.82) is 21.2 Å². The van der Waals surface area contributed by atoms with Crippen LogP contribution in [0.1, 0.15) is 51.9 Å². The largest absolute Gasteiger partial charge is 0.447 e. The number of hydrogen-bond donors (Lipinski definition) is 1. The van der Waals surface area contributed by atoms with Gasteiger partial charge >= 0.3 is 0 Å². The summed E-state index contributed by atoms with van der Waals surface area (Å²) in [6.07, 6.45) is 4.56. The predicted molar refractivity (Wildman–Crippen MR) is 79.6 cm³/mol. The maximum atomic E-state index is 9.94. The van der Waals surface area contributed by atoms with E-state index in [0.717, 1.165) is 25.7 Å². The van der Waals surface area contributed by atoms with Gasteiger partial charge in [0.25, 0.3) is 0 Å². The van der Waals surface area contributed by atoms with Crippen LogP contribution in [0.4, 0.5) is 0 Å². The maximum absolute atomic E-state index is 9.94.